The average Bonchev–Trinajstić information content (AvgIpc) is 2.82. The molecule has 160 valence electrons. The van der Waals surface area contributed by atoms with Crippen LogP contribution in [-0.2, 0) is 20.6 Å². The van der Waals surface area contributed by atoms with E-state index in [-0.39, 0.29) is 35.2 Å². The molecule has 0 saturated carbocycles. The maximum atomic E-state index is 12.9. The number of nitriles is 1. The summed E-state index contributed by atoms with van der Waals surface area (Å²) < 4.78 is 28.1. The summed E-state index contributed by atoms with van der Waals surface area (Å²) in [5.74, 6) is 1.09. The number of sulfonamides is 1. The summed E-state index contributed by atoms with van der Waals surface area (Å²) in [7, 11) is -3.77. The Bertz CT molecular complexity index is 1170. The number of hydrogen-bond donors (Lipinski definition) is 0. The number of nitrogens with zero attached hydrogens (tertiary/aromatic N) is 4. The molecule has 1 saturated heterocycles. The molecule has 0 bridgehead atoms. The molecule has 0 aromatic heterocycles. The zero-order chi connectivity index (χ0) is 21.8. The number of carbonyl (C=O) groups excluding carboxylic acids is 1. The maximum absolute atomic E-state index is 12.9. The van der Waals surface area contributed by atoms with Gasteiger partial charge in [-0.25, -0.2) is 13.4 Å². The summed E-state index contributed by atoms with van der Waals surface area (Å²) in [4.78, 5) is 19.0. The summed E-state index contributed by atoms with van der Waals surface area (Å²) >= 11 is 3.05. The Labute approximate surface area is 190 Å². The van der Waals surface area contributed by atoms with Gasteiger partial charge >= 0.3 is 0 Å². The smallest absolute Gasteiger partial charge is 0.244 e. The quantitative estimate of drug-likeness (QED) is 0.679. The Morgan fingerprint density at radius 2 is 1.81 bits per heavy atom. The van der Waals surface area contributed by atoms with Gasteiger partial charge < -0.3 is 4.90 Å². The lowest BCUT2D eigenvalue weighted by atomic mass is 10.2. The highest BCUT2D eigenvalue weighted by atomic mass is 32.2. The van der Waals surface area contributed by atoms with Crippen molar-refractivity contribution in [3.63, 3.8) is 0 Å². The van der Waals surface area contributed by atoms with Gasteiger partial charge in [-0.15, -0.1) is 0 Å². The lowest BCUT2D eigenvalue weighted by Crippen LogP contribution is -2.51. The SMILES string of the molecule is N#Cc1ccccc1S(=O)(=O)N1CCN(C(=O)CSC2=Nc3ccccc3CS2)CC1. The predicted octanol–water partition coefficient (Wildman–Crippen LogP) is 3.06. The first kappa shape index (κ1) is 21.9. The third kappa shape index (κ3) is 4.80. The second-order valence-corrected chi connectivity index (χ2v) is 11.1. The van der Waals surface area contributed by atoms with Crippen LogP contribution in [-0.4, -0.2) is 59.8 Å². The molecular formula is C21H20N4O3S3. The fraction of sp³-hybridized carbons (Fsp3) is 0.286. The van der Waals surface area contributed by atoms with Crippen molar-refractivity contribution < 1.29 is 13.2 Å². The largest absolute Gasteiger partial charge is 0.339 e. The van der Waals surface area contributed by atoms with Gasteiger partial charge in [-0.3, -0.25) is 4.79 Å². The maximum Gasteiger partial charge on any atom is 0.244 e. The van der Waals surface area contributed by atoms with Crippen molar-refractivity contribution in [3.8, 4) is 6.07 Å². The lowest BCUT2D eigenvalue weighted by Gasteiger charge is -2.34. The van der Waals surface area contributed by atoms with Gasteiger partial charge in [0.2, 0.25) is 15.9 Å². The van der Waals surface area contributed by atoms with E-state index in [4.69, 9.17) is 0 Å². The topological polar surface area (TPSA) is 93.8 Å². The number of rotatable bonds is 4. The van der Waals surface area contributed by atoms with Crippen LogP contribution >= 0.6 is 23.5 Å². The van der Waals surface area contributed by atoms with Gasteiger partial charge in [0.1, 0.15) is 10.4 Å². The Kier molecular flexibility index (Phi) is 6.67. The highest BCUT2D eigenvalue weighted by Gasteiger charge is 2.31. The molecule has 2 aliphatic rings. The van der Waals surface area contributed by atoms with Crippen LogP contribution in [0.3, 0.4) is 0 Å². The molecule has 0 atom stereocenters. The second kappa shape index (κ2) is 9.44. The number of fused-ring (bicyclic) bond motifs is 1. The molecule has 2 heterocycles. The van der Waals surface area contributed by atoms with Crippen LogP contribution in [0.25, 0.3) is 0 Å². The number of thioether (sulfide) groups is 2. The molecule has 2 aromatic rings. The van der Waals surface area contributed by atoms with E-state index >= 15 is 0 Å². The molecule has 31 heavy (non-hydrogen) atoms. The molecule has 2 aliphatic heterocycles. The number of amides is 1. The van der Waals surface area contributed by atoms with Crippen molar-refractivity contribution in [1.82, 2.24) is 9.21 Å². The minimum Gasteiger partial charge on any atom is -0.339 e. The van der Waals surface area contributed by atoms with E-state index in [9.17, 15) is 18.5 Å². The lowest BCUT2D eigenvalue weighted by molar-refractivity contribution is -0.129. The minimum atomic E-state index is -3.77. The fourth-order valence-electron chi connectivity index (χ4n) is 3.40. The van der Waals surface area contributed by atoms with E-state index in [1.54, 1.807) is 28.8 Å². The van der Waals surface area contributed by atoms with E-state index in [0.717, 1.165) is 15.8 Å². The van der Waals surface area contributed by atoms with Gasteiger partial charge in [-0.05, 0) is 23.8 Å². The van der Waals surface area contributed by atoms with Crippen molar-refractivity contribution in [3.05, 3.63) is 59.7 Å². The van der Waals surface area contributed by atoms with Gasteiger partial charge in [0.15, 0.2) is 0 Å². The van der Waals surface area contributed by atoms with Crippen molar-refractivity contribution in [2.24, 2.45) is 4.99 Å². The number of piperazine rings is 1. The van der Waals surface area contributed by atoms with Crippen molar-refractivity contribution in [1.29, 1.82) is 5.26 Å². The number of carbonyl (C=O) groups is 1. The Morgan fingerprint density at radius 3 is 2.58 bits per heavy atom. The number of aliphatic imine (C=N–C) groups is 1. The van der Waals surface area contributed by atoms with Crippen LogP contribution in [0.4, 0.5) is 5.69 Å². The Hall–Kier alpha value is -2.32. The third-order valence-electron chi connectivity index (χ3n) is 5.09. The third-order valence-corrected chi connectivity index (χ3v) is 9.28. The molecule has 2 aromatic carbocycles. The second-order valence-electron chi connectivity index (χ2n) is 6.98. The first-order chi connectivity index (χ1) is 15.0. The molecule has 0 unspecified atom stereocenters. The summed E-state index contributed by atoms with van der Waals surface area (Å²) in [5, 5.41) is 9.22. The zero-order valence-electron chi connectivity index (χ0n) is 16.6. The number of para-hydroxylation sites is 1. The normalized spacial score (nSPS) is 16.9. The van der Waals surface area contributed by atoms with Crippen LogP contribution in [0.5, 0.6) is 0 Å². The summed E-state index contributed by atoms with van der Waals surface area (Å²) in [6, 6.07) is 16.1. The molecule has 0 N–H and O–H groups in total. The number of benzene rings is 2. The molecule has 10 heteroatoms. The fourth-order valence-corrected chi connectivity index (χ4v) is 6.93. The van der Waals surface area contributed by atoms with Crippen molar-refractivity contribution in [2.75, 3.05) is 31.9 Å². The highest BCUT2D eigenvalue weighted by Crippen LogP contribution is 2.34. The van der Waals surface area contributed by atoms with Crippen LogP contribution in [0.15, 0.2) is 58.4 Å². The molecular weight excluding hydrogens is 452 g/mol. The average molecular weight is 473 g/mol. The van der Waals surface area contributed by atoms with Crippen molar-refractivity contribution >= 4 is 49.5 Å². The summed E-state index contributed by atoms with van der Waals surface area (Å²) in [5.41, 5.74) is 2.27. The highest BCUT2D eigenvalue weighted by molar-refractivity contribution is 8.38. The zero-order valence-corrected chi connectivity index (χ0v) is 19.0. The molecule has 1 fully saturated rings. The molecule has 0 spiro atoms. The monoisotopic (exact) mass is 472 g/mol. The van der Waals surface area contributed by atoms with Crippen LogP contribution < -0.4 is 0 Å². The molecule has 7 nitrogen and oxygen atoms in total. The van der Waals surface area contributed by atoms with Crippen LogP contribution in [0.2, 0.25) is 0 Å². The van der Waals surface area contributed by atoms with E-state index in [2.05, 4.69) is 11.1 Å². The van der Waals surface area contributed by atoms with Crippen molar-refractivity contribution in [2.45, 2.75) is 10.6 Å². The summed E-state index contributed by atoms with van der Waals surface area (Å²) in [6.07, 6.45) is 0. The van der Waals surface area contributed by atoms with Gasteiger partial charge in [-0.1, -0.05) is 53.9 Å². The first-order valence-electron chi connectivity index (χ1n) is 9.68. The predicted molar refractivity (Wildman–Crippen MR) is 124 cm³/mol. The molecule has 0 aliphatic carbocycles. The molecule has 4 rings (SSSR count). The van der Waals surface area contributed by atoms with E-state index < -0.39 is 10.0 Å². The van der Waals surface area contributed by atoms with Gasteiger partial charge in [-0.2, -0.15) is 9.57 Å². The molecule has 0 radical (unpaired) electrons. The Morgan fingerprint density at radius 1 is 1.10 bits per heavy atom. The van der Waals surface area contributed by atoms with Crippen LogP contribution in [0, 0.1) is 11.3 Å². The van der Waals surface area contributed by atoms with Gasteiger partial charge in [0.05, 0.1) is 21.9 Å². The molecule has 1 amide bonds. The Balaban J connectivity index is 1.33. The minimum absolute atomic E-state index is 0.0143. The van der Waals surface area contributed by atoms with E-state index in [1.807, 2.05) is 24.3 Å². The standard InChI is InChI=1S/C21H20N4O3S3/c22-13-16-5-2-4-8-19(16)31(27,28)25-11-9-24(10-12-25)20(26)15-30-21-23-18-7-3-1-6-17(18)14-29-21/h1-8H,9-12,14-15H2. The van der Waals surface area contributed by atoms with Gasteiger partial charge in [0, 0.05) is 31.9 Å². The van der Waals surface area contributed by atoms with E-state index in [0.29, 0.717) is 13.1 Å². The van der Waals surface area contributed by atoms with Gasteiger partial charge in [0.25, 0.3) is 0 Å². The summed E-state index contributed by atoms with van der Waals surface area (Å²) in [6.45, 7) is 1.08. The van der Waals surface area contributed by atoms with E-state index in [1.165, 1.54) is 33.8 Å². The van der Waals surface area contributed by atoms with Crippen LogP contribution in [0.1, 0.15) is 11.1 Å². The number of hydrogen-bond acceptors (Lipinski definition) is 7. The first-order valence-corrected chi connectivity index (χ1v) is 13.1.